The number of rotatable bonds is 0. The van der Waals surface area contributed by atoms with Crippen LogP contribution in [0.15, 0.2) is 12.2 Å². The zero-order chi connectivity index (χ0) is 6.10. The summed E-state index contributed by atoms with van der Waals surface area (Å²) in [6.45, 7) is 1.15. The summed E-state index contributed by atoms with van der Waals surface area (Å²) < 4.78 is 0. The van der Waals surface area contributed by atoms with E-state index in [-0.39, 0.29) is 0 Å². The van der Waals surface area contributed by atoms with Crippen LogP contribution in [0.1, 0.15) is 12.8 Å². The standard InChI is InChI=1S/C7H12N2/c1-2-4-7-6(3-1)5-8-9-7/h2,4,6-9H,1,3,5H2. The number of nitrogens with one attached hydrogen (secondary N) is 2. The van der Waals surface area contributed by atoms with Crippen molar-refractivity contribution in [3.05, 3.63) is 12.2 Å². The second-order valence-corrected chi connectivity index (χ2v) is 2.82. The molecule has 1 aliphatic carbocycles. The molecule has 0 spiro atoms. The number of hydrazine groups is 1. The van der Waals surface area contributed by atoms with Crippen LogP contribution >= 0.6 is 0 Å². The fourth-order valence-corrected chi connectivity index (χ4v) is 1.59. The molecule has 2 rings (SSSR count). The van der Waals surface area contributed by atoms with Crippen molar-refractivity contribution in [1.82, 2.24) is 10.9 Å². The first-order valence-corrected chi connectivity index (χ1v) is 3.62. The van der Waals surface area contributed by atoms with Crippen LogP contribution in [0.5, 0.6) is 0 Å². The van der Waals surface area contributed by atoms with E-state index in [1.54, 1.807) is 0 Å². The first-order valence-electron chi connectivity index (χ1n) is 3.62. The molecule has 2 aliphatic rings. The molecule has 50 valence electrons. The van der Waals surface area contributed by atoms with E-state index in [4.69, 9.17) is 0 Å². The van der Waals surface area contributed by atoms with E-state index >= 15 is 0 Å². The highest BCUT2D eigenvalue weighted by molar-refractivity contribution is 5.03. The highest BCUT2D eigenvalue weighted by Crippen LogP contribution is 2.20. The minimum atomic E-state index is 0.624. The Kier molecular flexibility index (Phi) is 1.28. The van der Waals surface area contributed by atoms with Gasteiger partial charge in [0.05, 0.1) is 0 Å². The van der Waals surface area contributed by atoms with Gasteiger partial charge in [0.15, 0.2) is 0 Å². The molecule has 2 nitrogen and oxygen atoms in total. The number of fused-ring (bicyclic) bond motifs is 1. The van der Waals surface area contributed by atoms with Crippen molar-refractivity contribution in [2.75, 3.05) is 6.54 Å². The minimum Gasteiger partial charge on any atom is -0.257 e. The average Bonchev–Trinajstić information content (AvgIpc) is 2.33. The molecule has 2 atom stereocenters. The van der Waals surface area contributed by atoms with Gasteiger partial charge in [0, 0.05) is 12.6 Å². The van der Waals surface area contributed by atoms with Crippen LogP contribution < -0.4 is 10.9 Å². The van der Waals surface area contributed by atoms with Crippen molar-refractivity contribution in [2.45, 2.75) is 18.9 Å². The van der Waals surface area contributed by atoms with E-state index in [1.165, 1.54) is 12.8 Å². The summed E-state index contributed by atoms with van der Waals surface area (Å²) in [6, 6.07) is 0.624. The van der Waals surface area contributed by atoms with E-state index in [9.17, 15) is 0 Å². The molecule has 2 N–H and O–H groups in total. The maximum absolute atomic E-state index is 3.22. The summed E-state index contributed by atoms with van der Waals surface area (Å²) >= 11 is 0. The van der Waals surface area contributed by atoms with E-state index in [0.29, 0.717) is 6.04 Å². The van der Waals surface area contributed by atoms with E-state index in [1.807, 2.05) is 0 Å². The highest BCUT2D eigenvalue weighted by Gasteiger charge is 2.25. The molecule has 0 amide bonds. The average molecular weight is 124 g/mol. The minimum absolute atomic E-state index is 0.624. The van der Waals surface area contributed by atoms with E-state index in [0.717, 1.165) is 12.5 Å². The molecule has 0 aromatic heterocycles. The first kappa shape index (κ1) is 5.45. The molecule has 0 bridgehead atoms. The molecule has 1 aliphatic heterocycles. The summed E-state index contributed by atoms with van der Waals surface area (Å²) in [6.07, 6.45) is 7.15. The van der Waals surface area contributed by atoms with Gasteiger partial charge in [-0.3, -0.25) is 10.9 Å². The zero-order valence-corrected chi connectivity index (χ0v) is 5.43. The van der Waals surface area contributed by atoms with Gasteiger partial charge in [0.25, 0.3) is 0 Å². The van der Waals surface area contributed by atoms with Crippen LogP contribution in [0.25, 0.3) is 0 Å². The van der Waals surface area contributed by atoms with Gasteiger partial charge >= 0.3 is 0 Å². The summed E-state index contributed by atoms with van der Waals surface area (Å²) in [4.78, 5) is 0. The Bertz CT molecular complexity index is 131. The molecule has 2 unspecified atom stereocenters. The molecule has 0 aromatic rings. The zero-order valence-electron chi connectivity index (χ0n) is 5.43. The fourth-order valence-electron chi connectivity index (χ4n) is 1.59. The van der Waals surface area contributed by atoms with Crippen LogP contribution in [0.3, 0.4) is 0 Å². The van der Waals surface area contributed by atoms with Gasteiger partial charge in [-0.05, 0) is 18.8 Å². The predicted octanol–water partition coefficient (Wildman–Crippen LogP) is 0.429. The van der Waals surface area contributed by atoms with E-state index in [2.05, 4.69) is 23.0 Å². The lowest BCUT2D eigenvalue weighted by Gasteiger charge is -2.17. The third kappa shape index (κ3) is 0.884. The fraction of sp³-hybridized carbons (Fsp3) is 0.714. The van der Waals surface area contributed by atoms with Gasteiger partial charge in [-0.2, -0.15) is 0 Å². The van der Waals surface area contributed by atoms with Gasteiger partial charge in [-0.25, -0.2) is 0 Å². The maximum Gasteiger partial charge on any atom is 0.0433 e. The number of hydrogen-bond donors (Lipinski definition) is 2. The maximum atomic E-state index is 3.22. The number of allylic oxidation sites excluding steroid dienone is 1. The lowest BCUT2D eigenvalue weighted by atomic mass is 9.92. The Morgan fingerprint density at radius 1 is 1.44 bits per heavy atom. The van der Waals surface area contributed by atoms with Crippen molar-refractivity contribution in [3.8, 4) is 0 Å². The van der Waals surface area contributed by atoms with Gasteiger partial charge in [0.2, 0.25) is 0 Å². The van der Waals surface area contributed by atoms with E-state index < -0.39 is 0 Å². The molecule has 1 heterocycles. The Morgan fingerprint density at radius 3 is 3.33 bits per heavy atom. The summed E-state index contributed by atoms with van der Waals surface area (Å²) in [5.74, 6) is 0.856. The van der Waals surface area contributed by atoms with Gasteiger partial charge in [-0.1, -0.05) is 12.2 Å². The molecule has 0 radical (unpaired) electrons. The van der Waals surface area contributed by atoms with Crippen LogP contribution in [0.2, 0.25) is 0 Å². The molecular formula is C7H12N2. The Balaban J connectivity index is 2.10. The smallest absolute Gasteiger partial charge is 0.0433 e. The van der Waals surface area contributed by atoms with Crippen molar-refractivity contribution < 1.29 is 0 Å². The topological polar surface area (TPSA) is 24.1 Å². The highest BCUT2D eigenvalue weighted by atomic mass is 15.4. The third-order valence-corrected chi connectivity index (χ3v) is 2.19. The largest absolute Gasteiger partial charge is 0.257 e. The SMILES string of the molecule is C1=CC2NNCC2CC1. The molecule has 1 fully saturated rings. The Hall–Kier alpha value is -0.340. The van der Waals surface area contributed by atoms with Crippen molar-refractivity contribution >= 4 is 0 Å². The van der Waals surface area contributed by atoms with Gasteiger partial charge in [0.1, 0.15) is 0 Å². The third-order valence-electron chi connectivity index (χ3n) is 2.19. The van der Waals surface area contributed by atoms with Crippen LogP contribution in [-0.2, 0) is 0 Å². The monoisotopic (exact) mass is 124 g/mol. The summed E-state index contributed by atoms with van der Waals surface area (Å²) in [7, 11) is 0. The quantitative estimate of drug-likeness (QED) is 0.457. The Labute approximate surface area is 55.3 Å². The molecule has 2 heteroatoms. The first-order chi connectivity index (χ1) is 4.47. The molecule has 9 heavy (non-hydrogen) atoms. The lowest BCUT2D eigenvalue weighted by Crippen LogP contribution is -2.30. The van der Waals surface area contributed by atoms with Crippen LogP contribution in [-0.4, -0.2) is 12.6 Å². The second kappa shape index (κ2) is 2.12. The molecular weight excluding hydrogens is 112 g/mol. The van der Waals surface area contributed by atoms with Crippen LogP contribution in [0.4, 0.5) is 0 Å². The number of hydrogen-bond acceptors (Lipinski definition) is 2. The molecule has 1 saturated heterocycles. The van der Waals surface area contributed by atoms with Crippen molar-refractivity contribution in [3.63, 3.8) is 0 Å². The van der Waals surface area contributed by atoms with Crippen LogP contribution in [0, 0.1) is 5.92 Å². The molecule has 0 saturated carbocycles. The van der Waals surface area contributed by atoms with Gasteiger partial charge < -0.3 is 0 Å². The summed E-state index contributed by atoms with van der Waals surface area (Å²) in [5.41, 5.74) is 6.38. The normalized spacial score (nSPS) is 40.9. The van der Waals surface area contributed by atoms with Crippen molar-refractivity contribution in [2.24, 2.45) is 5.92 Å². The predicted molar refractivity (Wildman–Crippen MR) is 36.8 cm³/mol. The van der Waals surface area contributed by atoms with Gasteiger partial charge in [-0.15, -0.1) is 0 Å². The second-order valence-electron chi connectivity index (χ2n) is 2.82. The summed E-state index contributed by atoms with van der Waals surface area (Å²) in [5, 5.41) is 0. The van der Waals surface area contributed by atoms with Crippen molar-refractivity contribution in [1.29, 1.82) is 0 Å². The molecule has 0 aromatic carbocycles. The Morgan fingerprint density at radius 2 is 2.44 bits per heavy atom. The lowest BCUT2D eigenvalue weighted by molar-refractivity contribution is 0.478.